The van der Waals surface area contributed by atoms with Crippen LogP contribution in [0.1, 0.15) is 16.8 Å². The standard InChI is InChI=1S/C16H14ClFN2O2/c17-14-4-2-1-3-13(14)16(22)20(10-9-15(19)21)12-7-5-11(18)6-8-12/h1-8H,9-10H2,(H2,19,21). The highest BCUT2D eigenvalue weighted by molar-refractivity contribution is 6.34. The van der Waals surface area contributed by atoms with Crippen LogP contribution in [0.3, 0.4) is 0 Å². The number of nitrogens with zero attached hydrogens (tertiary/aromatic N) is 1. The van der Waals surface area contributed by atoms with Crippen LogP contribution in [0.25, 0.3) is 0 Å². The maximum absolute atomic E-state index is 13.1. The Morgan fingerprint density at radius 2 is 1.73 bits per heavy atom. The summed E-state index contributed by atoms with van der Waals surface area (Å²) in [4.78, 5) is 25.0. The maximum Gasteiger partial charge on any atom is 0.259 e. The predicted octanol–water partition coefficient (Wildman–Crippen LogP) is 3.00. The van der Waals surface area contributed by atoms with Gasteiger partial charge in [-0.3, -0.25) is 9.59 Å². The molecular weight excluding hydrogens is 307 g/mol. The lowest BCUT2D eigenvalue weighted by Gasteiger charge is -2.23. The van der Waals surface area contributed by atoms with Gasteiger partial charge >= 0.3 is 0 Å². The van der Waals surface area contributed by atoms with Gasteiger partial charge in [0.1, 0.15) is 5.82 Å². The number of nitrogens with two attached hydrogens (primary N) is 1. The molecule has 2 aromatic carbocycles. The first-order valence-corrected chi connectivity index (χ1v) is 6.97. The minimum atomic E-state index is -0.529. The minimum absolute atomic E-state index is 0.00638. The highest BCUT2D eigenvalue weighted by Gasteiger charge is 2.20. The van der Waals surface area contributed by atoms with Crippen LogP contribution < -0.4 is 10.6 Å². The zero-order chi connectivity index (χ0) is 16.1. The summed E-state index contributed by atoms with van der Waals surface area (Å²) in [5.41, 5.74) is 5.92. The van der Waals surface area contributed by atoms with Crippen LogP contribution in [0.2, 0.25) is 5.02 Å². The van der Waals surface area contributed by atoms with Gasteiger partial charge in [0, 0.05) is 18.7 Å². The fourth-order valence-corrected chi connectivity index (χ4v) is 2.19. The smallest absolute Gasteiger partial charge is 0.259 e. The third-order valence-electron chi connectivity index (χ3n) is 3.07. The Morgan fingerprint density at radius 3 is 2.32 bits per heavy atom. The van der Waals surface area contributed by atoms with Crippen molar-refractivity contribution in [3.63, 3.8) is 0 Å². The Morgan fingerprint density at radius 1 is 1.09 bits per heavy atom. The van der Waals surface area contributed by atoms with Gasteiger partial charge in [-0.25, -0.2) is 4.39 Å². The molecule has 2 rings (SSSR count). The van der Waals surface area contributed by atoms with E-state index in [1.165, 1.54) is 29.2 Å². The lowest BCUT2D eigenvalue weighted by Crippen LogP contribution is -2.34. The van der Waals surface area contributed by atoms with Gasteiger partial charge in [0.25, 0.3) is 5.91 Å². The van der Waals surface area contributed by atoms with Crippen molar-refractivity contribution in [2.24, 2.45) is 5.73 Å². The molecule has 6 heteroatoms. The molecule has 2 aromatic rings. The summed E-state index contributed by atoms with van der Waals surface area (Å²) in [6, 6.07) is 12.0. The average molecular weight is 321 g/mol. The molecule has 0 fully saturated rings. The molecule has 0 spiro atoms. The number of benzene rings is 2. The number of rotatable bonds is 5. The Labute approximate surface area is 132 Å². The van der Waals surface area contributed by atoms with Crippen LogP contribution in [-0.4, -0.2) is 18.4 Å². The molecule has 0 aliphatic rings. The van der Waals surface area contributed by atoms with Gasteiger partial charge in [-0.05, 0) is 36.4 Å². The van der Waals surface area contributed by atoms with E-state index in [0.717, 1.165) is 0 Å². The number of halogens is 2. The first-order valence-electron chi connectivity index (χ1n) is 6.59. The lowest BCUT2D eigenvalue weighted by molar-refractivity contribution is -0.117. The van der Waals surface area contributed by atoms with E-state index in [9.17, 15) is 14.0 Å². The molecule has 0 aliphatic carbocycles. The van der Waals surface area contributed by atoms with E-state index in [1.807, 2.05) is 0 Å². The van der Waals surface area contributed by atoms with Crippen LogP contribution in [0.5, 0.6) is 0 Å². The fourth-order valence-electron chi connectivity index (χ4n) is 1.97. The Balaban J connectivity index is 2.35. The fraction of sp³-hybridized carbons (Fsp3) is 0.125. The Hall–Kier alpha value is -2.40. The van der Waals surface area contributed by atoms with Crippen LogP contribution >= 0.6 is 11.6 Å². The molecule has 0 aromatic heterocycles. The zero-order valence-electron chi connectivity index (χ0n) is 11.6. The summed E-state index contributed by atoms with van der Waals surface area (Å²) in [6.07, 6.45) is -0.00638. The second kappa shape index (κ2) is 7.04. The molecule has 2 N–H and O–H groups in total. The van der Waals surface area contributed by atoms with E-state index < -0.39 is 11.7 Å². The molecule has 0 atom stereocenters. The highest BCUT2D eigenvalue weighted by atomic mass is 35.5. The van der Waals surface area contributed by atoms with Crippen molar-refractivity contribution in [3.8, 4) is 0 Å². The van der Waals surface area contributed by atoms with Crippen molar-refractivity contribution >= 4 is 29.1 Å². The predicted molar refractivity (Wildman–Crippen MR) is 83.3 cm³/mol. The summed E-state index contributed by atoms with van der Waals surface area (Å²) < 4.78 is 13.1. The SMILES string of the molecule is NC(=O)CCN(C(=O)c1ccccc1Cl)c1ccc(F)cc1. The van der Waals surface area contributed by atoms with E-state index in [4.69, 9.17) is 17.3 Å². The van der Waals surface area contributed by atoms with Crippen molar-refractivity contribution < 1.29 is 14.0 Å². The minimum Gasteiger partial charge on any atom is -0.370 e. The number of anilines is 1. The number of carbonyl (C=O) groups is 2. The molecule has 0 radical (unpaired) electrons. The molecule has 0 heterocycles. The lowest BCUT2D eigenvalue weighted by atomic mass is 10.1. The van der Waals surface area contributed by atoms with E-state index in [-0.39, 0.29) is 18.9 Å². The van der Waals surface area contributed by atoms with Crippen molar-refractivity contribution in [1.29, 1.82) is 0 Å². The van der Waals surface area contributed by atoms with Crippen molar-refractivity contribution in [2.45, 2.75) is 6.42 Å². The normalized spacial score (nSPS) is 10.3. The average Bonchev–Trinajstić information content (AvgIpc) is 2.49. The topological polar surface area (TPSA) is 63.4 Å². The van der Waals surface area contributed by atoms with Crippen molar-refractivity contribution in [1.82, 2.24) is 0 Å². The molecule has 0 aliphatic heterocycles. The summed E-state index contributed by atoms with van der Waals surface area (Å²) in [5.74, 6) is -1.32. The van der Waals surface area contributed by atoms with Gasteiger partial charge in [-0.1, -0.05) is 23.7 Å². The van der Waals surface area contributed by atoms with Crippen LogP contribution in [0.15, 0.2) is 48.5 Å². The largest absolute Gasteiger partial charge is 0.370 e. The summed E-state index contributed by atoms with van der Waals surface area (Å²) in [7, 11) is 0. The molecule has 2 amide bonds. The number of primary amides is 1. The van der Waals surface area contributed by atoms with Crippen LogP contribution in [0.4, 0.5) is 10.1 Å². The summed E-state index contributed by atoms with van der Waals surface area (Å²) in [5, 5.41) is 0.304. The maximum atomic E-state index is 13.1. The van der Waals surface area contributed by atoms with Crippen molar-refractivity contribution in [3.05, 3.63) is 64.9 Å². The van der Waals surface area contributed by atoms with Crippen molar-refractivity contribution in [2.75, 3.05) is 11.4 Å². The third kappa shape index (κ3) is 3.83. The monoisotopic (exact) mass is 320 g/mol. The highest BCUT2D eigenvalue weighted by Crippen LogP contribution is 2.22. The van der Waals surface area contributed by atoms with Gasteiger partial charge in [0.05, 0.1) is 10.6 Å². The number of carbonyl (C=O) groups excluding carboxylic acids is 2. The van der Waals surface area contributed by atoms with Gasteiger partial charge in [-0.15, -0.1) is 0 Å². The van der Waals surface area contributed by atoms with Gasteiger partial charge < -0.3 is 10.6 Å². The number of hydrogen-bond donors (Lipinski definition) is 1. The second-order valence-corrected chi connectivity index (χ2v) is 5.04. The molecule has 0 bridgehead atoms. The Kier molecular flexibility index (Phi) is 5.12. The van der Waals surface area contributed by atoms with E-state index >= 15 is 0 Å². The third-order valence-corrected chi connectivity index (χ3v) is 3.40. The molecule has 0 saturated carbocycles. The first-order chi connectivity index (χ1) is 10.5. The van der Waals surface area contributed by atoms with E-state index in [2.05, 4.69) is 0 Å². The number of hydrogen-bond acceptors (Lipinski definition) is 2. The molecule has 0 unspecified atom stereocenters. The summed E-state index contributed by atoms with van der Waals surface area (Å²) >= 11 is 6.04. The van der Waals surface area contributed by atoms with Gasteiger partial charge in [0.15, 0.2) is 0 Å². The second-order valence-electron chi connectivity index (χ2n) is 4.63. The quantitative estimate of drug-likeness (QED) is 0.920. The molecule has 114 valence electrons. The van der Waals surface area contributed by atoms with Gasteiger partial charge in [0.2, 0.25) is 5.91 Å². The van der Waals surface area contributed by atoms with Gasteiger partial charge in [-0.2, -0.15) is 0 Å². The summed E-state index contributed by atoms with van der Waals surface area (Å²) in [6.45, 7) is 0.0883. The molecule has 4 nitrogen and oxygen atoms in total. The van der Waals surface area contributed by atoms with Crippen LogP contribution in [0, 0.1) is 5.82 Å². The number of amides is 2. The molecule has 0 saturated heterocycles. The van der Waals surface area contributed by atoms with E-state index in [1.54, 1.807) is 24.3 Å². The first kappa shape index (κ1) is 16.0. The Bertz CT molecular complexity index is 689. The molecular formula is C16H14ClFN2O2. The van der Waals surface area contributed by atoms with Crippen LogP contribution in [-0.2, 0) is 4.79 Å². The molecule has 22 heavy (non-hydrogen) atoms. The van der Waals surface area contributed by atoms with E-state index in [0.29, 0.717) is 16.3 Å². The zero-order valence-corrected chi connectivity index (χ0v) is 12.4.